The Bertz CT molecular complexity index is 419. The van der Waals surface area contributed by atoms with Crippen molar-refractivity contribution in [2.75, 3.05) is 30.3 Å². The zero-order chi connectivity index (χ0) is 13.8. The van der Waals surface area contributed by atoms with E-state index in [2.05, 4.69) is 31.7 Å². The lowest BCUT2D eigenvalue weighted by atomic mass is 9.88. The summed E-state index contributed by atoms with van der Waals surface area (Å²) in [5.41, 5.74) is 8.19. The summed E-state index contributed by atoms with van der Waals surface area (Å²) in [6, 6.07) is 6.11. The van der Waals surface area contributed by atoms with Crippen LogP contribution in [0.5, 0.6) is 5.75 Å². The summed E-state index contributed by atoms with van der Waals surface area (Å²) >= 11 is 0. The second-order valence-electron chi connectivity index (χ2n) is 5.73. The van der Waals surface area contributed by atoms with Gasteiger partial charge in [0.1, 0.15) is 5.75 Å². The normalized spacial score (nSPS) is 23.4. The topological polar surface area (TPSA) is 38.5 Å². The van der Waals surface area contributed by atoms with Gasteiger partial charge in [-0.15, -0.1) is 0 Å². The maximum absolute atomic E-state index is 6.27. The summed E-state index contributed by atoms with van der Waals surface area (Å²) in [7, 11) is 0. The molecule has 2 N–H and O–H groups in total. The number of hydrogen-bond donors (Lipinski definition) is 1. The van der Waals surface area contributed by atoms with Gasteiger partial charge in [-0.25, -0.2) is 0 Å². The van der Waals surface area contributed by atoms with E-state index >= 15 is 0 Å². The first kappa shape index (κ1) is 14.0. The summed E-state index contributed by atoms with van der Waals surface area (Å²) in [5.74, 6) is 2.34. The highest BCUT2D eigenvalue weighted by molar-refractivity contribution is 5.74. The maximum atomic E-state index is 6.27. The van der Waals surface area contributed by atoms with Crippen LogP contribution in [0, 0.1) is 11.8 Å². The Morgan fingerprint density at radius 3 is 2.79 bits per heavy atom. The number of benzene rings is 1. The summed E-state index contributed by atoms with van der Waals surface area (Å²) in [4.78, 5) is 2.40. The van der Waals surface area contributed by atoms with Crippen LogP contribution in [0.3, 0.4) is 0 Å². The molecule has 3 heteroatoms. The van der Waals surface area contributed by atoms with E-state index in [1.54, 1.807) is 0 Å². The molecule has 1 saturated heterocycles. The number of piperidine rings is 1. The summed E-state index contributed by atoms with van der Waals surface area (Å²) < 4.78 is 5.71. The van der Waals surface area contributed by atoms with Crippen LogP contribution in [-0.2, 0) is 0 Å². The minimum Gasteiger partial charge on any atom is -0.491 e. The summed E-state index contributed by atoms with van der Waals surface area (Å²) in [6.45, 7) is 9.67. The van der Waals surface area contributed by atoms with Gasteiger partial charge in [0.2, 0.25) is 0 Å². The lowest BCUT2D eigenvalue weighted by Crippen LogP contribution is -2.38. The fraction of sp³-hybridized carbons (Fsp3) is 0.625. The van der Waals surface area contributed by atoms with Crippen molar-refractivity contribution in [3.05, 3.63) is 18.2 Å². The van der Waals surface area contributed by atoms with E-state index in [-0.39, 0.29) is 0 Å². The third-order valence-electron chi connectivity index (χ3n) is 4.18. The van der Waals surface area contributed by atoms with Crippen molar-refractivity contribution >= 4 is 11.4 Å². The predicted molar refractivity (Wildman–Crippen MR) is 81.8 cm³/mol. The van der Waals surface area contributed by atoms with Crippen molar-refractivity contribution < 1.29 is 4.74 Å². The highest BCUT2D eigenvalue weighted by Crippen LogP contribution is 2.35. The van der Waals surface area contributed by atoms with E-state index in [1.165, 1.54) is 6.42 Å². The molecule has 3 nitrogen and oxygen atoms in total. The third-order valence-corrected chi connectivity index (χ3v) is 4.18. The number of rotatable bonds is 4. The monoisotopic (exact) mass is 262 g/mol. The second kappa shape index (κ2) is 6.18. The average Bonchev–Trinajstić information content (AvgIpc) is 2.41. The summed E-state index contributed by atoms with van der Waals surface area (Å²) in [6.07, 6.45) is 2.24. The Hall–Kier alpha value is -1.38. The fourth-order valence-corrected chi connectivity index (χ4v) is 2.63. The van der Waals surface area contributed by atoms with Gasteiger partial charge < -0.3 is 15.4 Å². The number of hydrogen-bond acceptors (Lipinski definition) is 3. The zero-order valence-corrected chi connectivity index (χ0v) is 12.4. The van der Waals surface area contributed by atoms with Crippen LogP contribution in [0.4, 0.5) is 11.4 Å². The van der Waals surface area contributed by atoms with Gasteiger partial charge in [0, 0.05) is 13.1 Å². The van der Waals surface area contributed by atoms with Crippen molar-refractivity contribution in [2.24, 2.45) is 11.8 Å². The molecule has 0 aromatic heterocycles. The van der Waals surface area contributed by atoms with Gasteiger partial charge in [-0.2, -0.15) is 0 Å². The van der Waals surface area contributed by atoms with Crippen molar-refractivity contribution in [2.45, 2.75) is 33.6 Å². The molecule has 19 heavy (non-hydrogen) atoms. The first-order valence-electron chi connectivity index (χ1n) is 7.39. The molecule has 0 saturated carbocycles. The Balaban J connectivity index is 2.16. The van der Waals surface area contributed by atoms with Crippen molar-refractivity contribution in [1.82, 2.24) is 0 Å². The molecule has 1 fully saturated rings. The molecule has 0 amide bonds. The highest BCUT2D eigenvalue weighted by atomic mass is 16.5. The number of ether oxygens (including phenoxy) is 1. The first-order chi connectivity index (χ1) is 9.13. The average molecular weight is 262 g/mol. The minimum absolute atomic E-state index is 0.716. The summed E-state index contributed by atoms with van der Waals surface area (Å²) in [5, 5.41) is 0. The van der Waals surface area contributed by atoms with E-state index < -0.39 is 0 Å². The van der Waals surface area contributed by atoms with Crippen LogP contribution in [0.2, 0.25) is 0 Å². The molecule has 1 aromatic carbocycles. The number of anilines is 2. The van der Waals surface area contributed by atoms with E-state index in [0.717, 1.165) is 49.2 Å². The number of nitrogen functional groups attached to an aromatic ring is 1. The molecule has 0 bridgehead atoms. The minimum atomic E-state index is 0.716. The molecule has 0 aliphatic carbocycles. The predicted octanol–water partition coefficient (Wildman–Crippen LogP) is 3.54. The Labute approximate surface area is 116 Å². The molecule has 2 atom stereocenters. The van der Waals surface area contributed by atoms with E-state index in [0.29, 0.717) is 5.92 Å². The molecule has 1 heterocycles. The van der Waals surface area contributed by atoms with Crippen molar-refractivity contribution in [3.8, 4) is 5.75 Å². The van der Waals surface area contributed by atoms with Crippen LogP contribution in [0.25, 0.3) is 0 Å². The quantitative estimate of drug-likeness (QED) is 0.843. The lowest BCUT2D eigenvalue weighted by Gasteiger charge is -2.37. The third kappa shape index (κ3) is 3.14. The van der Waals surface area contributed by atoms with Crippen LogP contribution >= 0.6 is 0 Å². The number of nitrogens with zero attached hydrogens (tertiary/aromatic N) is 1. The fourth-order valence-electron chi connectivity index (χ4n) is 2.63. The van der Waals surface area contributed by atoms with Gasteiger partial charge in [-0.1, -0.05) is 26.8 Å². The molecule has 1 aliphatic rings. The van der Waals surface area contributed by atoms with Gasteiger partial charge in [0.25, 0.3) is 0 Å². The van der Waals surface area contributed by atoms with Crippen LogP contribution in [0.1, 0.15) is 33.6 Å². The van der Waals surface area contributed by atoms with E-state index in [1.807, 2.05) is 12.1 Å². The van der Waals surface area contributed by atoms with Crippen LogP contribution < -0.4 is 15.4 Å². The Kier molecular flexibility index (Phi) is 4.56. The molecule has 2 rings (SSSR count). The Morgan fingerprint density at radius 1 is 1.32 bits per heavy atom. The van der Waals surface area contributed by atoms with Gasteiger partial charge in [0.05, 0.1) is 18.0 Å². The molecule has 2 unspecified atom stereocenters. The highest BCUT2D eigenvalue weighted by Gasteiger charge is 2.24. The molecule has 0 spiro atoms. The molecule has 1 aromatic rings. The first-order valence-corrected chi connectivity index (χ1v) is 7.39. The van der Waals surface area contributed by atoms with Crippen molar-refractivity contribution in [1.29, 1.82) is 0 Å². The van der Waals surface area contributed by atoms with E-state index in [9.17, 15) is 0 Å². The smallest absolute Gasteiger partial charge is 0.144 e. The second-order valence-corrected chi connectivity index (χ2v) is 5.73. The van der Waals surface area contributed by atoms with E-state index in [4.69, 9.17) is 10.5 Å². The van der Waals surface area contributed by atoms with Crippen LogP contribution in [0.15, 0.2) is 18.2 Å². The Morgan fingerprint density at radius 2 is 2.11 bits per heavy atom. The molecule has 106 valence electrons. The van der Waals surface area contributed by atoms with Crippen molar-refractivity contribution in [3.63, 3.8) is 0 Å². The number of nitrogens with two attached hydrogens (primary N) is 1. The molecular formula is C16H26N2O. The van der Waals surface area contributed by atoms with Gasteiger partial charge in [-0.05, 0) is 36.8 Å². The zero-order valence-electron chi connectivity index (χ0n) is 12.4. The largest absolute Gasteiger partial charge is 0.491 e. The van der Waals surface area contributed by atoms with Crippen LogP contribution in [-0.4, -0.2) is 19.7 Å². The standard InChI is InChI=1S/C16H26N2O/c1-4-10-19-15-7-5-6-14(16(15)17)18-9-8-12(2)13(3)11-18/h5-7,12-13H,4,8-11,17H2,1-3H3. The molecule has 0 radical (unpaired) electrons. The van der Waals surface area contributed by atoms with Gasteiger partial charge >= 0.3 is 0 Å². The molecular weight excluding hydrogens is 236 g/mol. The lowest BCUT2D eigenvalue weighted by molar-refractivity contribution is 0.316. The van der Waals surface area contributed by atoms with Gasteiger partial charge in [-0.3, -0.25) is 0 Å². The maximum Gasteiger partial charge on any atom is 0.144 e. The van der Waals surface area contributed by atoms with Gasteiger partial charge in [0.15, 0.2) is 0 Å². The SMILES string of the molecule is CCCOc1cccc(N2CCC(C)C(C)C2)c1N. The molecule has 1 aliphatic heterocycles. The number of para-hydroxylation sites is 1.